The fourth-order valence-electron chi connectivity index (χ4n) is 9.09. The van der Waals surface area contributed by atoms with E-state index in [2.05, 4.69) is 128 Å². The molecule has 2 aliphatic rings. The number of hydrogen-bond donors (Lipinski definition) is 0. The van der Waals surface area contributed by atoms with E-state index in [1.165, 1.54) is 33.4 Å². The third kappa shape index (κ3) is 5.89. The topological polar surface area (TPSA) is 55.1 Å². The van der Waals surface area contributed by atoms with E-state index in [0.29, 0.717) is 17.5 Å². The van der Waals surface area contributed by atoms with Crippen molar-refractivity contribution in [3.8, 4) is 45.3 Å². The molecule has 9 aromatic rings. The molecule has 7 aromatic carbocycles. The first-order valence-corrected chi connectivity index (χ1v) is 20.3. The van der Waals surface area contributed by atoms with Gasteiger partial charge >= 0.3 is 0 Å². The van der Waals surface area contributed by atoms with Crippen molar-refractivity contribution in [1.82, 2.24) is 15.0 Å². The molecule has 11 rings (SSSR count). The summed E-state index contributed by atoms with van der Waals surface area (Å²) in [5, 5.41) is 1.95. The van der Waals surface area contributed by atoms with Gasteiger partial charge in [0.15, 0.2) is 17.5 Å². The molecule has 0 saturated carbocycles. The molecule has 0 N–H and O–H groups in total. The molecule has 0 unspecified atom stereocenters. The normalized spacial score (nSPS) is 14.0. The summed E-state index contributed by atoms with van der Waals surface area (Å²) in [6.45, 7) is 4.68. The van der Waals surface area contributed by atoms with Gasteiger partial charge in [-0.25, -0.2) is 15.0 Å². The van der Waals surface area contributed by atoms with E-state index in [4.69, 9.17) is 19.4 Å². The number of rotatable bonds is 7. The number of anilines is 3. The summed E-state index contributed by atoms with van der Waals surface area (Å²) >= 11 is 0. The molecule has 0 spiro atoms. The van der Waals surface area contributed by atoms with E-state index in [-0.39, 0.29) is 5.41 Å². The lowest BCUT2D eigenvalue weighted by Crippen LogP contribution is -2.16. The van der Waals surface area contributed by atoms with Gasteiger partial charge in [0.2, 0.25) is 0 Å². The SMILES string of the molecule is CC1(C)c2ccccc2-c2c(N(c3ccc(C4=CC=CCC4)cc3)c3ccc4oc5cccc(-c6nc(-c7ccccc7)nc(-c7ccccc7)n6)c5c4c3)cccc21. The van der Waals surface area contributed by atoms with Crippen LogP contribution >= 0.6 is 0 Å². The van der Waals surface area contributed by atoms with Crippen LogP contribution in [0, 0.1) is 0 Å². The quantitative estimate of drug-likeness (QED) is 0.162. The molecule has 0 bridgehead atoms. The lowest BCUT2D eigenvalue weighted by molar-refractivity contribution is 0.660. The van der Waals surface area contributed by atoms with Crippen molar-refractivity contribution < 1.29 is 4.42 Å². The van der Waals surface area contributed by atoms with E-state index < -0.39 is 0 Å². The Bertz CT molecular complexity index is 3070. The van der Waals surface area contributed by atoms with Crippen molar-refractivity contribution in [2.45, 2.75) is 32.1 Å². The van der Waals surface area contributed by atoms with Crippen LogP contribution in [0.1, 0.15) is 43.4 Å². The fraction of sp³-hybridized carbons (Fsp3) is 0.0926. The average Bonchev–Trinajstić information content (AvgIpc) is 3.79. The summed E-state index contributed by atoms with van der Waals surface area (Å²) in [6, 6.07) is 57.7. The van der Waals surface area contributed by atoms with Gasteiger partial charge in [0, 0.05) is 49.8 Å². The molecule has 5 heteroatoms. The zero-order chi connectivity index (χ0) is 39.5. The van der Waals surface area contributed by atoms with Crippen LogP contribution in [-0.4, -0.2) is 15.0 Å². The van der Waals surface area contributed by atoms with Gasteiger partial charge in [0.05, 0.1) is 5.69 Å². The first-order chi connectivity index (χ1) is 29.0. The van der Waals surface area contributed by atoms with Crippen molar-refractivity contribution >= 4 is 44.6 Å². The lowest BCUT2D eigenvalue weighted by atomic mass is 9.82. The van der Waals surface area contributed by atoms with Crippen LogP contribution in [0.4, 0.5) is 17.1 Å². The number of allylic oxidation sites excluding steroid dienone is 4. The first-order valence-electron chi connectivity index (χ1n) is 20.3. The molecule has 2 heterocycles. The predicted molar refractivity (Wildman–Crippen MR) is 242 cm³/mol. The third-order valence-electron chi connectivity index (χ3n) is 12.0. The number of fused-ring (bicyclic) bond motifs is 6. The molecule has 0 aliphatic heterocycles. The summed E-state index contributed by atoms with van der Waals surface area (Å²) in [5.41, 5.74) is 15.3. The standard InChI is InChI=1S/C54H40N4O/c1-54(2)44-24-13-12-22-41(44)50-45(54)25-15-26-46(50)58(39-30-28-36(29-31-39)35-16-6-3-7-17-35)40-32-33-47-43(34-40)49-42(23-14-27-48(49)59-47)53-56-51(37-18-8-4-9-19-37)55-52(57-53)38-20-10-5-11-21-38/h3-6,8-16,18-34H,7,17H2,1-2H3. The Morgan fingerprint density at radius 1 is 0.542 bits per heavy atom. The van der Waals surface area contributed by atoms with Crippen LogP contribution in [-0.2, 0) is 5.41 Å². The van der Waals surface area contributed by atoms with Gasteiger partial charge in [-0.1, -0.05) is 153 Å². The molecule has 0 atom stereocenters. The summed E-state index contributed by atoms with van der Waals surface area (Å²) in [7, 11) is 0. The molecule has 2 aromatic heterocycles. The molecule has 0 saturated heterocycles. The molecule has 0 amide bonds. The summed E-state index contributed by atoms with van der Waals surface area (Å²) in [4.78, 5) is 17.6. The van der Waals surface area contributed by atoms with Crippen LogP contribution in [0.2, 0.25) is 0 Å². The van der Waals surface area contributed by atoms with Crippen molar-refractivity contribution in [3.05, 3.63) is 199 Å². The summed E-state index contributed by atoms with van der Waals surface area (Å²) in [6.07, 6.45) is 8.77. The maximum absolute atomic E-state index is 6.62. The molecular formula is C54H40N4O. The van der Waals surface area contributed by atoms with Gasteiger partial charge in [-0.05, 0) is 83.1 Å². The van der Waals surface area contributed by atoms with E-state index in [9.17, 15) is 0 Å². The van der Waals surface area contributed by atoms with E-state index in [1.807, 2.05) is 72.8 Å². The first kappa shape index (κ1) is 34.8. The second kappa shape index (κ2) is 13.9. The number of nitrogens with zero attached hydrogens (tertiary/aromatic N) is 4. The highest BCUT2D eigenvalue weighted by atomic mass is 16.3. The van der Waals surface area contributed by atoms with Crippen LogP contribution in [0.15, 0.2) is 186 Å². The monoisotopic (exact) mass is 760 g/mol. The van der Waals surface area contributed by atoms with Gasteiger partial charge in [-0.15, -0.1) is 0 Å². The number of benzene rings is 7. The van der Waals surface area contributed by atoms with Gasteiger partial charge < -0.3 is 9.32 Å². The summed E-state index contributed by atoms with van der Waals surface area (Å²) < 4.78 is 6.62. The van der Waals surface area contributed by atoms with Crippen molar-refractivity contribution in [1.29, 1.82) is 0 Å². The Hall–Kier alpha value is -7.37. The highest BCUT2D eigenvalue weighted by molar-refractivity contribution is 6.13. The summed E-state index contributed by atoms with van der Waals surface area (Å²) in [5.74, 6) is 1.84. The highest BCUT2D eigenvalue weighted by Crippen LogP contribution is 2.54. The highest BCUT2D eigenvalue weighted by Gasteiger charge is 2.37. The third-order valence-corrected chi connectivity index (χ3v) is 12.0. The molecule has 2 aliphatic carbocycles. The molecule has 0 radical (unpaired) electrons. The average molecular weight is 761 g/mol. The minimum absolute atomic E-state index is 0.139. The zero-order valence-electron chi connectivity index (χ0n) is 32.9. The smallest absolute Gasteiger partial charge is 0.164 e. The second-order valence-corrected chi connectivity index (χ2v) is 15.9. The Morgan fingerprint density at radius 3 is 1.92 bits per heavy atom. The van der Waals surface area contributed by atoms with Gasteiger partial charge in [-0.3, -0.25) is 0 Å². The maximum atomic E-state index is 6.62. The number of furan rings is 1. The Morgan fingerprint density at radius 2 is 1.19 bits per heavy atom. The molecule has 59 heavy (non-hydrogen) atoms. The van der Waals surface area contributed by atoms with Crippen LogP contribution in [0.25, 0.3) is 72.8 Å². The zero-order valence-corrected chi connectivity index (χ0v) is 32.9. The lowest BCUT2D eigenvalue weighted by Gasteiger charge is -2.29. The minimum Gasteiger partial charge on any atom is -0.456 e. The Balaban J connectivity index is 1.13. The predicted octanol–water partition coefficient (Wildman–Crippen LogP) is 14.3. The Labute approximate surface area is 343 Å². The van der Waals surface area contributed by atoms with Crippen molar-refractivity contribution in [2.24, 2.45) is 0 Å². The largest absolute Gasteiger partial charge is 0.456 e. The van der Waals surface area contributed by atoms with E-state index >= 15 is 0 Å². The van der Waals surface area contributed by atoms with Gasteiger partial charge in [0.25, 0.3) is 0 Å². The fourth-order valence-corrected chi connectivity index (χ4v) is 9.09. The Kier molecular flexibility index (Phi) is 8.22. The van der Waals surface area contributed by atoms with E-state index in [0.717, 1.165) is 68.5 Å². The molecule has 282 valence electrons. The van der Waals surface area contributed by atoms with Crippen LogP contribution in [0.5, 0.6) is 0 Å². The maximum Gasteiger partial charge on any atom is 0.164 e. The van der Waals surface area contributed by atoms with E-state index in [1.54, 1.807) is 0 Å². The molecular weight excluding hydrogens is 721 g/mol. The van der Waals surface area contributed by atoms with Crippen molar-refractivity contribution in [3.63, 3.8) is 0 Å². The molecule has 0 fully saturated rings. The number of hydrogen-bond acceptors (Lipinski definition) is 5. The van der Waals surface area contributed by atoms with Gasteiger partial charge in [-0.2, -0.15) is 0 Å². The number of aromatic nitrogens is 3. The molecule has 5 nitrogen and oxygen atoms in total. The van der Waals surface area contributed by atoms with Gasteiger partial charge in [0.1, 0.15) is 11.2 Å². The van der Waals surface area contributed by atoms with Crippen LogP contribution in [0.3, 0.4) is 0 Å². The second-order valence-electron chi connectivity index (χ2n) is 15.9. The minimum atomic E-state index is -0.139. The van der Waals surface area contributed by atoms with Crippen LogP contribution < -0.4 is 4.90 Å². The van der Waals surface area contributed by atoms with Crippen molar-refractivity contribution in [2.75, 3.05) is 4.90 Å².